The first kappa shape index (κ1) is 17.6. The van der Waals surface area contributed by atoms with Crippen molar-refractivity contribution >= 4 is 17.4 Å². The Bertz CT molecular complexity index is 891. The van der Waals surface area contributed by atoms with E-state index in [1.807, 2.05) is 43.3 Å². The van der Waals surface area contributed by atoms with E-state index < -0.39 is 0 Å². The summed E-state index contributed by atoms with van der Waals surface area (Å²) in [5.74, 6) is 1.69. The smallest absolute Gasteiger partial charge is 0.261 e. The second-order valence-corrected chi connectivity index (χ2v) is 5.90. The first-order valence-corrected chi connectivity index (χ1v) is 8.54. The summed E-state index contributed by atoms with van der Waals surface area (Å²) in [6.07, 6.45) is 3.05. The Balaban J connectivity index is 1.71. The minimum Gasteiger partial charge on any atom is -0.365 e. The lowest BCUT2D eigenvalue weighted by atomic mass is 10.2. The van der Waals surface area contributed by atoms with Gasteiger partial charge in [0, 0.05) is 24.8 Å². The molecule has 1 amide bonds. The van der Waals surface area contributed by atoms with E-state index in [1.165, 1.54) is 0 Å². The van der Waals surface area contributed by atoms with Gasteiger partial charge in [-0.2, -0.15) is 4.98 Å². The number of hydrogen-bond donors (Lipinski definition) is 2. The number of nitrogens with zero attached hydrogens (tertiary/aromatic N) is 3. The van der Waals surface area contributed by atoms with Crippen molar-refractivity contribution < 1.29 is 9.32 Å². The largest absolute Gasteiger partial charge is 0.365 e. The molecule has 0 aliphatic rings. The van der Waals surface area contributed by atoms with Crippen molar-refractivity contribution in [2.75, 3.05) is 10.6 Å². The second-order valence-electron chi connectivity index (χ2n) is 5.90. The molecule has 0 unspecified atom stereocenters. The number of carbonyl (C=O) groups is 1. The van der Waals surface area contributed by atoms with Gasteiger partial charge in [0.05, 0.1) is 5.56 Å². The van der Waals surface area contributed by atoms with Gasteiger partial charge < -0.3 is 15.2 Å². The molecule has 7 heteroatoms. The molecule has 134 valence electrons. The molecule has 2 heterocycles. The molecule has 2 aromatic heterocycles. The molecule has 0 atom stereocenters. The van der Waals surface area contributed by atoms with Crippen LogP contribution >= 0.6 is 0 Å². The molecule has 0 saturated heterocycles. The van der Waals surface area contributed by atoms with Crippen LogP contribution in [0.1, 0.15) is 31.2 Å². The number of nitrogens with one attached hydrogen (secondary N) is 2. The molecule has 0 aliphatic carbocycles. The second kappa shape index (κ2) is 8.24. The van der Waals surface area contributed by atoms with Crippen molar-refractivity contribution in [1.29, 1.82) is 0 Å². The fraction of sp³-hybridized carbons (Fsp3) is 0.263. The topological polar surface area (TPSA) is 92.9 Å². The maximum atomic E-state index is 11.7. The zero-order chi connectivity index (χ0) is 18.4. The Morgan fingerprint density at radius 3 is 2.88 bits per heavy atom. The predicted molar refractivity (Wildman–Crippen MR) is 99.6 cm³/mol. The third-order valence-corrected chi connectivity index (χ3v) is 3.71. The van der Waals surface area contributed by atoms with Crippen molar-refractivity contribution in [1.82, 2.24) is 15.1 Å². The van der Waals surface area contributed by atoms with Crippen molar-refractivity contribution in [3.05, 3.63) is 54.0 Å². The third-order valence-electron chi connectivity index (χ3n) is 3.71. The minimum atomic E-state index is 0.0244. The Hall–Kier alpha value is -3.22. The summed E-state index contributed by atoms with van der Waals surface area (Å²) in [5.41, 5.74) is 2.56. The highest BCUT2D eigenvalue weighted by Crippen LogP contribution is 2.24. The van der Waals surface area contributed by atoms with E-state index in [1.54, 1.807) is 13.1 Å². The van der Waals surface area contributed by atoms with Crippen LogP contribution in [0.15, 0.2) is 47.1 Å². The average Bonchev–Trinajstić information content (AvgIpc) is 3.07. The van der Waals surface area contributed by atoms with Crippen LogP contribution in [0.5, 0.6) is 0 Å². The molecule has 0 spiro atoms. The molecule has 3 rings (SSSR count). The number of rotatable bonds is 7. The number of anilines is 2. The lowest BCUT2D eigenvalue weighted by Crippen LogP contribution is -2.11. The maximum absolute atomic E-state index is 11.7. The van der Waals surface area contributed by atoms with Crippen LogP contribution in [0, 0.1) is 6.92 Å². The molecular weight excluding hydrogens is 330 g/mol. The van der Waals surface area contributed by atoms with Crippen LogP contribution in [-0.2, 0) is 11.3 Å². The van der Waals surface area contributed by atoms with E-state index in [2.05, 4.69) is 25.8 Å². The quantitative estimate of drug-likeness (QED) is 0.673. The third kappa shape index (κ3) is 4.44. The van der Waals surface area contributed by atoms with Crippen molar-refractivity contribution in [2.45, 2.75) is 33.2 Å². The van der Waals surface area contributed by atoms with Crippen molar-refractivity contribution in [3.8, 4) is 11.5 Å². The fourth-order valence-corrected chi connectivity index (χ4v) is 2.52. The highest BCUT2D eigenvalue weighted by Gasteiger charge is 2.12. The maximum Gasteiger partial charge on any atom is 0.261 e. The van der Waals surface area contributed by atoms with Gasteiger partial charge in [0.2, 0.25) is 5.91 Å². The van der Waals surface area contributed by atoms with Crippen LogP contribution in [0.4, 0.5) is 11.5 Å². The lowest BCUT2D eigenvalue weighted by Gasteiger charge is -2.10. The van der Waals surface area contributed by atoms with E-state index in [-0.39, 0.29) is 5.91 Å². The van der Waals surface area contributed by atoms with E-state index in [0.717, 1.165) is 23.2 Å². The van der Waals surface area contributed by atoms with Gasteiger partial charge in [0.1, 0.15) is 5.82 Å². The molecule has 7 nitrogen and oxygen atoms in total. The van der Waals surface area contributed by atoms with E-state index in [4.69, 9.17) is 4.52 Å². The molecule has 0 fully saturated rings. The number of aromatic nitrogens is 3. The Morgan fingerprint density at radius 1 is 1.23 bits per heavy atom. The fourth-order valence-electron chi connectivity index (χ4n) is 2.52. The van der Waals surface area contributed by atoms with E-state index in [0.29, 0.717) is 30.5 Å². The molecule has 0 bridgehead atoms. The van der Waals surface area contributed by atoms with Gasteiger partial charge in [-0.15, -0.1) is 0 Å². The van der Waals surface area contributed by atoms with Gasteiger partial charge in [-0.05, 0) is 43.2 Å². The summed E-state index contributed by atoms with van der Waals surface area (Å²) < 4.78 is 5.24. The van der Waals surface area contributed by atoms with Crippen LogP contribution < -0.4 is 10.6 Å². The summed E-state index contributed by atoms with van der Waals surface area (Å²) in [6.45, 7) is 4.30. The van der Waals surface area contributed by atoms with Crippen molar-refractivity contribution in [3.63, 3.8) is 0 Å². The van der Waals surface area contributed by atoms with Crippen molar-refractivity contribution in [2.24, 2.45) is 0 Å². The number of hydrogen-bond acceptors (Lipinski definition) is 6. The molecule has 3 aromatic rings. The summed E-state index contributed by atoms with van der Waals surface area (Å²) in [7, 11) is 0. The van der Waals surface area contributed by atoms with E-state index >= 15 is 0 Å². The first-order valence-electron chi connectivity index (χ1n) is 8.54. The summed E-state index contributed by atoms with van der Waals surface area (Å²) >= 11 is 0. The van der Waals surface area contributed by atoms with Gasteiger partial charge >= 0.3 is 0 Å². The SMILES string of the molecule is CCCC(=O)Nc1cccc(CNc2ncccc2-c2nc(C)no2)c1. The highest BCUT2D eigenvalue weighted by molar-refractivity contribution is 5.90. The number of amides is 1. The Morgan fingerprint density at radius 2 is 2.12 bits per heavy atom. The standard InChI is InChI=1S/C19H21N5O2/c1-3-6-17(25)23-15-8-4-7-14(11-15)12-21-18-16(9-5-10-20-18)19-22-13(2)24-26-19/h4-5,7-11H,3,6,12H2,1-2H3,(H,20,21)(H,23,25). The van der Waals surface area contributed by atoms with Gasteiger partial charge in [-0.25, -0.2) is 4.98 Å². The molecule has 0 radical (unpaired) electrons. The molecule has 0 aliphatic heterocycles. The summed E-state index contributed by atoms with van der Waals surface area (Å²) in [4.78, 5) is 20.4. The van der Waals surface area contributed by atoms with Crippen LogP contribution in [-0.4, -0.2) is 21.0 Å². The van der Waals surface area contributed by atoms with Gasteiger partial charge in [-0.3, -0.25) is 4.79 Å². The van der Waals surface area contributed by atoms with Crippen LogP contribution in [0.3, 0.4) is 0 Å². The van der Waals surface area contributed by atoms with Gasteiger partial charge in [0.15, 0.2) is 5.82 Å². The summed E-state index contributed by atoms with van der Waals surface area (Å²) in [6, 6.07) is 11.4. The Labute approximate surface area is 151 Å². The minimum absolute atomic E-state index is 0.0244. The molecular formula is C19H21N5O2. The van der Waals surface area contributed by atoms with Crippen LogP contribution in [0.25, 0.3) is 11.5 Å². The van der Waals surface area contributed by atoms with Gasteiger partial charge in [0.25, 0.3) is 5.89 Å². The first-order chi connectivity index (χ1) is 12.7. The molecule has 26 heavy (non-hydrogen) atoms. The number of carbonyl (C=O) groups excluding carboxylic acids is 1. The lowest BCUT2D eigenvalue weighted by molar-refractivity contribution is -0.116. The monoisotopic (exact) mass is 351 g/mol. The number of pyridine rings is 1. The molecule has 2 N–H and O–H groups in total. The molecule has 0 saturated carbocycles. The van der Waals surface area contributed by atoms with E-state index in [9.17, 15) is 4.79 Å². The zero-order valence-electron chi connectivity index (χ0n) is 14.8. The highest BCUT2D eigenvalue weighted by atomic mass is 16.5. The average molecular weight is 351 g/mol. The Kier molecular flexibility index (Phi) is 5.58. The predicted octanol–water partition coefficient (Wildman–Crippen LogP) is 3.79. The van der Waals surface area contributed by atoms with Gasteiger partial charge in [-0.1, -0.05) is 24.2 Å². The summed E-state index contributed by atoms with van der Waals surface area (Å²) in [5, 5.41) is 10.0. The normalized spacial score (nSPS) is 10.5. The number of benzene rings is 1. The number of aryl methyl sites for hydroxylation is 1. The molecule has 1 aromatic carbocycles. The van der Waals surface area contributed by atoms with Crippen LogP contribution in [0.2, 0.25) is 0 Å². The zero-order valence-corrected chi connectivity index (χ0v) is 14.8.